The fourth-order valence-electron chi connectivity index (χ4n) is 2.15. The Labute approximate surface area is 156 Å². The summed E-state index contributed by atoms with van der Waals surface area (Å²) in [4.78, 5) is 16.2. The average molecular weight is 376 g/mol. The molecule has 0 amide bonds. The van der Waals surface area contributed by atoms with E-state index in [0.717, 1.165) is 21.2 Å². The van der Waals surface area contributed by atoms with Gasteiger partial charge in [0.1, 0.15) is 4.38 Å². The quantitative estimate of drug-likeness (QED) is 0.465. The number of carbonyl (C=O) groups is 1. The number of rotatable bonds is 6. The molecule has 1 unspecified atom stereocenters. The highest BCUT2D eigenvalue weighted by Crippen LogP contribution is 2.27. The van der Waals surface area contributed by atoms with Crippen LogP contribution in [0.25, 0.3) is 0 Å². The van der Waals surface area contributed by atoms with Crippen LogP contribution >= 0.6 is 23.5 Å². The highest BCUT2D eigenvalue weighted by Gasteiger charge is 2.11. The molecule has 0 radical (unpaired) electrons. The largest absolute Gasteiger partial charge is 0.469 e. The summed E-state index contributed by atoms with van der Waals surface area (Å²) >= 11 is 3.02. The lowest BCUT2D eigenvalue weighted by atomic mass is 10.1. The van der Waals surface area contributed by atoms with Gasteiger partial charge in [0.25, 0.3) is 0 Å². The molecule has 0 spiro atoms. The summed E-state index contributed by atoms with van der Waals surface area (Å²) in [5, 5.41) is 10.3. The van der Waals surface area contributed by atoms with Crippen LogP contribution in [0.3, 0.4) is 0 Å². The van der Waals surface area contributed by atoms with Crippen LogP contribution in [-0.2, 0) is 16.0 Å². The van der Waals surface area contributed by atoms with E-state index in [2.05, 4.69) is 4.99 Å². The van der Waals surface area contributed by atoms with E-state index in [1.807, 2.05) is 60.9 Å². The van der Waals surface area contributed by atoms with Gasteiger partial charge in [0.2, 0.25) is 0 Å². The molecule has 0 heterocycles. The molecule has 0 aliphatic heterocycles. The van der Waals surface area contributed by atoms with Crippen LogP contribution in [0, 0.1) is 0 Å². The zero-order chi connectivity index (χ0) is 18.1. The Morgan fingerprint density at radius 3 is 2.52 bits per heavy atom. The van der Waals surface area contributed by atoms with Gasteiger partial charge in [0.05, 0.1) is 25.3 Å². The van der Waals surface area contributed by atoms with Crippen molar-refractivity contribution in [1.82, 2.24) is 0 Å². The summed E-state index contributed by atoms with van der Waals surface area (Å²) in [6, 6.07) is 17.1. The summed E-state index contributed by atoms with van der Waals surface area (Å²) < 4.78 is 5.58. The Morgan fingerprint density at radius 2 is 1.84 bits per heavy atom. The molecular formula is C19H21NO3S2. The molecule has 25 heavy (non-hydrogen) atoms. The monoisotopic (exact) mass is 375 g/mol. The molecule has 4 nitrogen and oxygen atoms in total. The fourth-order valence-corrected chi connectivity index (χ4v) is 3.67. The van der Waals surface area contributed by atoms with Gasteiger partial charge in [-0.1, -0.05) is 60.3 Å². The van der Waals surface area contributed by atoms with Crippen molar-refractivity contribution in [3.63, 3.8) is 0 Å². The normalized spacial score (nSPS) is 12.7. The molecule has 0 saturated carbocycles. The maximum absolute atomic E-state index is 11.5. The number of methoxy groups -OCH3 is 1. The van der Waals surface area contributed by atoms with Gasteiger partial charge in [-0.05, 0) is 23.4 Å². The number of ether oxygens (including phenoxy) is 1. The molecule has 0 aliphatic rings. The number of hydrogen-bond acceptors (Lipinski definition) is 6. The van der Waals surface area contributed by atoms with Crippen LogP contribution in [-0.4, -0.2) is 34.6 Å². The average Bonchev–Trinajstić information content (AvgIpc) is 2.66. The first-order valence-electron chi connectivity index (χ1n) is 7.77. The van der Waals surface area contributed by atoms with E-state index < -0.39 is 6.10 Å². The van der Waals surface area contributed by atoms with E-state index in [-0.39, 0.29) is 12.4 Å². The number of thioether (sulfide) groups is 2. The summed E-state index contributed by atoms with van der Waals surface area (Å²) in [7, 11) is 1.38. The molecule has 6 heteroatoms. The number of esters is 1. The van der Waals surface area contributed by atoms with Crippen molar-refractivity contribution in [2.24, 2.45) is 4.99 Å². The molecule has 2 aromatic carbocycles. The van der Waals surface area contributed by atoms with Gasteiger partial charge in [0.15, 0.2) is 0 Å². The Bertz CT molecular complexity index is 720. The lowest BCUT2D eigenvalue weighted by Crippen LogP contribution is -2.05. The fraction of sp³-hybridized carbons (Fsp3) is 0.263. The molecular weight excluding hydrogens is 354 g/mol. The first-order chi connectivity index (χ1) is 12.1. The van der Waals surface area contributed by atoms with Crippen LogP contribution in [0.15, 0.2) is 59.6 Å². The SMILES string of the molecule is COC(=O)Cc1ccccc1N=C(SC)SCC(O)c1ccccc1. The predicted octanol–water partition coefficient (Wildman–Crippen LogP) is 4.22. The first kappa shape index (κ1) is 19.6. The zero-order valence-corrected chi connectivity index (χ0v) is 15.8. The minimum atomic E-state index is -0.547. The number of hydrogen-bond donors (Lipinski definition) is 1. The van der Waals surface area contributed by atoms with E-state index in [1.54, 1.807) is 0 Å². The van der Waals surface area contributed by atoms with Crippen molar-refractivity contribution in [3.05, 3.63) is 65.7 Å². The van der Waals surface area contributed by atoms with Crippen LogP contribution in [0.1, 0.15) is 17.2 Å². The van der Waals surface area contributed by atoms with Crippen molar-refractivity contribution < 1.29 is 14.6 Å². The van der Waals surface area contributed by atoms with Crippen molar-refractivity contribution in [3.8, 4) is 0 Å². The van der Waals surface area contributed by atoms with Crippen LogP contribution in [0.4, 0.5) is 5.69 Å². The molecule has 0 bridgehead atoms. The number of aliphatic imine (C=N–C) groups is 1. The summed E-state index contributed by atoms with van der Waals surface area (Å²) in [6.45, 7) is 0. The maximum Gasteiger partial charge on any atom is 0.310 e. The standard InChI is InChI=1S/C19H21NO3S2/c1-23-18(22)12-15-10-6-7-11-16(15)20-19(24-2)25-13-17(21)14-8-4-3-5-9-14/h3-11,17,21H,12-13H2,1-2H3. The van der Waals surface area contributed by atoms with Gasteiger partial charge in [-0.25, -0.2) is 4.99 Å². The van der Waals surface area contributed by atoms with Crippen LogP contribution in [0.2, 0.25) is 0 Å². The molecule has 1 atom stereocenters. The molecule has 0 aliphatic carbocycles. The third-order valence-corrected chi connectivity index (χ3v) is 5.60. The van der Waals surface area contributed by atoms with Gasteiger partial charge in [-0.15, -0.1) is 11.8 Å². The lowest BCUT2D eigenvalue weighted by molar-refractivity contribution is -0.139. The van der Waals surface area contributed by atoms with E-state index in [9.17, 15) is 9.90 Å². The second-order valence-electron chi connectivity index (χ2n) is 5.20. The third-order valence-electron chi connectivity index (χ3n) is 3.49. The second-order valence-corrected chi connectivity index (χ2v) is 7.26. The zero-order valence-electron chi connectivity index (χ0n) is 14.2. The number of benzene rings is 2. The molecule has 2 rings (SSSR count). The van der Waals surface area contributed by atoms with Crippen molar-refractivity contribution in [1.29, 1.82) is 0 Å². The van der Waals surface area contributed by atoms with Crippen LogP contribution < -0.4 is 0 Å². The Morgan fingerprint density at radius 1 is 1.16 bits per heavy atom. The van der Waals surface area contributed by atoms with E-state index >= 15 is 0 Å². The molecule has 0 aromatic heterocycles. The number of carbonyl (C=O) groups excluding carboxylic acids is 1. The highest BCUT2D eigenvalue weighted by molar-refractivity contribution is 8.38. The van der Waals surface area contributed by atoms with Gasteiger partial charge < -0.3 is 9.84 Å². The number of aliphatic hydroxyl groups excluding tert-OH is 1. The summed E-state index contributed by atoms with van der Waals surface area (Å²) in [5.41, 5.74) is 2.46. The number of nitrogens with zero attached hydrogens (tertiary/aromatic N) is 1. The minimum absolute atomic E-state index is 0.190. The number of para-hydroxylation sites is 1. The van der Waals surface area contributed by atoms with E-state index in [0.29, 0.717) is 5.75 Å². The highest BCUT2D eigenvalue weighted by atomic mass is 32.2. The second kappa shape index (κ2) is 10.3. The topological polar surface area (TPSA) is 58.9 Å². The van der Waals surface area contributed by atoms with Gasteiger partial charge in [-0.3, -0.25) is 4.79 Å². The van der Waals surface area contributed by atoms with Crippen molar-refractivity contribution >= 4 is 39.6 Å². The lowest BCUT2D eigenvalue weighted by Gasteiger charge is -2.11. The summed E-state index contributed by atoms with van der Waals surface area (Å²) in [6.07, 6.45) is 1.59. The molecule has 2 aromatic rings. The van der Waals surface area contributed by atoms with Crippen LogP contribution in [0.5, 0.6) is 0 Å². The Hall–Kier alpha value is -1.76. The molecule has 0 saturated heterocycles. The van der Waals surface area contributed by atoms with E-state index in [1.165, 1.54) is 30.6 Å². The predicted molar refractivity (Wildman–Crippen MR) is 107 cm³/mol. The van der Waals surface area contributed by atoms with Gasteiger partial charge in [0, 0.05) is 5.75 Å². The number of aliphatic hydroxyl groups is 1. The minimum Gasteiger partial charge on any atom is -0.469 e. The maximum atomic E-state index is 11.5. The first-order valence-corrected chi connectivity index (χ1v) is 9.98. The summed E-state index contributed by atoms with van der Waals surface area (Å²) in [5.74, 6) is 0.226. The Balaban J connectivity index is 2.08. The Kier molecular flexibility index (Phi) is 8.04. The molecule has 1 N–H and O–H groups in total. The third kappa shape index (κ3) is 6.23. The van der Waals surface area contributed by atoms with Crippen molar-refractivity contribution in [2.45, 2.75) is 12.5 Å². The molecule has 132 valence electrons. The van der Waals surface area contributed by atoms with Gasteiger partial charge >= 0.3 is 5.97 Å². The van der Waals surface area contributed by atoms with Crippen molar-refractivity contribution in [2.75, 3.05) is 19.1 Å². The van der Waals surface area contributed by atoms with E-state index in [4.69, 9.17) is 4.74 Å². The molecule has 0 fully saturated rings. The smallest absolute Gasteiger partial charge is 0.310 e. The van der Waals surface area contributed by atoms with Gasteiger partial charge in [-0.2, -0.15) is 0 Å².